The number of rotatable bonds is 4. The molecule has 1 aromatic carbocycles. The second-order valence-corrected chi connectivity index (χ2v) is 5.00. The molecule has 2 heterocycles. The lowest BCUT2D eigenvalue weighted by atomic mass is 10.2. The van der Waals surface area contributed by atoms with E-state index in [0.717, 1.165) is 0 Å². The number of benzene rings is 1. The first-order valence-corrected chi connectivity index (χ1v) is 7.08. The quantitative estimate of drug-likeness (QED) is 0.799. The summed E-state index contributed by atoms with van der Waals surface area (Å²) in [5.74, 6) is 0.978. The summed E-state index contributed by atoms with van der Waals surface area (Å²) in [7, 11) is 0. The van der Waals surface area contributed by atoms with Gasteiger partial charge in [0.2, 0.25) is 0 Å². The molecule has 0 fully saturated rings. The van der Waals surface area contributed by atoms with Gasteiger partial charge in [-0.2, -0.15) is 0 Å². The summed E-state index contributed by atoms with van der Waals surface area (Å²) in [6, 6.07) is 10.5. The third-order valence-electron chi connectivity index (χ3n) is 2.62. The number of carbonyl (C=O) groups excluding carboxylic acids is 1. The molecule has 1 N–H and O–H groups in total. The van der Waals surface area contributed by atoms with Gasteiger partial charge in [-0.25, -0.2) is 4.98 Å². The highest BCUT2D eigenvalue weighted by molar-refractivity contribution is 7.13. The molecule has 0 bridgehead atoms. The Morgan fingerprint density at radius 1 is 1.14 bits per heavy atom. The Morgan fingerprint density at radius 2 is 2.05 bits per heavy atom. The molecule has 0 spiro atoms. The summed E-state index contributed by atoms with van der Waals surface area (Å²) in [5.41, 5.74) is 0.506. The molecule has 0 atom stereocenters. The normalized spacial score (nSPS) is 10.1. The first-order valence-electron chi connectivity index (χ1n) is 6.20. The van der Waals surface area contributed by atoms with Gasteiger partial charge >= 0.3 is 0 Å². The molecule has 3 rings (SSSR count). The van der Waals surface area contributed by atoms with Crippen molar-refractivity contribution < 1.29 is 9.53 Å². The Hall–Kier alpha value is -2.73. The maximum atomic E-state index is 12.1. The number of aromatic nitrogens is 2. The van der Waals surface area contributed by atoms with Crippen LogP contribution in [-0.4, -0.2) is 15.9 Å². The second-order valence-electron chi connectivity index (χ2n) is 4.11. The Balaban J connectivity index is 1.75. The van der Waals surface area contributed by atoms with E-state index in [9.17, 15) is 4.79 Å². The fraction of sp³-hybridized carbons (Fsp3) is 0. The zero-order valence-electron chi connectivity index (χ0n) is 10.9. The number of hydrogen-bond acceptors (Lipinski definition) is 5. The first kappa shape index (κ1) is 13.3. The van der Waals surface area contributed by atoms with Gasteiger partial charge in [0.05, 0.1) is 6.20 Å². The van der Waals surface area contributed by atoms with Crippen LogP contribution in [0.25, 0.3) is 0 Å². The van der Waals surface area contributed by atoms with Crippen molar-refractivity contribution in [3.05, 3.63) is 65.9 Å². The number of pyridine rings is 1. The Labute approximate surface area is 125 Å². The minimum atomic E-state index is -0.221. The third-order valence-corrected chi connectivity index (χ3v) is 3.31. The van der Waals surface area contributed by atoms with Crippen LogP contribution in [0, 0.1) is 0 Å². The highest BCUT2D eigenvalue weighted by Crippen LogP contribution is 2.22. The molecular formula is C15H11N3O2S. The minimum Gasteiger partial charge on any atom is -0.456 e. The van der Waals surface area contributed by atoms with Gasteiger partial charge in [0.15, 0.2) is 5.13 Å². The largest absolute Gasteiger partial charge is 0.456 e. The number of nitrogens with zero attached hydrogens (tertiary/aromatic N) is 2. The van der Waals surface area contributed by atoms with E-state index in [0.29, 0.717) is 22.2 Å². The molecule has 2 aromatic heterocycles. The lowest BCUT2D eigenvalue weighted by Gasteiger charge is -2.07. The number of amides is 1. The number of hydrogen-bond donors (Lipinski definition) is 1. The molecule has 104 valence electrons. The van der Waals surface area contributed by atoms with Crippen molar-refractivity contribution in [2.75, 3.05) is 5.32 Å². The van der Waals surface area contributed by atoms with Crippen molar-refractivity contribution >= 4 is 22.4 Å². The topological polar surface area (TPSA) is 64.1 Å². The lowest BCUT2D eigenvalue weighted by Crippen LogP contribution is -2.11. The van der Waals surface area contributed by atoms with E-state index in [-0.39, 0.29) is 5.91 Å². The first-order chi connectivity index (χ1) is 10.3. The number of ether oxygens (including phenoxy) is 1. The SMILES string of the molecule is O=C(Nc1nccs1)c1cccc(Oc2cccnc2)c1. The van der Waals surface area contributed by atoms with Crippen LogP contribution in [0.1, 0.15) is 10.4 Å². The maximum Gasteiger partial charge on any atom is 0.257 e. The van der Waals surface area contributed by atoms with Gasteiger partial charge in [0.25, 0.3) is 5.91 Å². The monoisotopic (exact) mass is 297 g/mol. The van der Waals surface area contributed by atoms with Crippen molar-refractivity contribution in [2.45, 2.75) is 0 Å². The average molecular weight is 297 g/mol. The molecule has 0 unspecified atom stereocenters. The van der Waals surface area contributed by atoms with Gasteiger partial charge in [-0.1, -0.05) is 6.07 Å². The molecule has 5 nitrogen and oxygen atoms in total. The fourth-order valence-corrected chi connectivity index (χ4v) is 2.22. The van der Waals surface area contributed by atoms with Crippen LogP contribution in [0.4, 0.5) is 5.13 Å². The van der Waals surface area contributed by atoms with E-state index in [2.05, 4.69) is 15.3 Å². The molecule has 0 saturated heterocycles. The molecule has 21 heavy (non-hydrogen) atoms. The summed E-state index contributed by atoms with van der Waals surface area (Å²) >= 11 is 1.37. The van der Waals surface area contributed by atoms with E-state index in [1.165, 1.54) is 11.3 Å². The Morgan fingerprint density at radius 3 is 2.81 bits per heavy atom. The van der Waals surface area contributed by atoms with Crippen molar-refractivity contribution in [2.24, 2.45) is 0 Å². The molecule has 1 amide bonds. The summed E-state index contributed by atoms with van der Waals surface area (Å²) in [4.78, 5) is 20.1. The Bertz CT molecular complexity index is 730. The molecule has 0 radical (unpaired) electrons. The number of carbonyl (C=O) groups is 1. The van der Waals surface area contributed by atoms with Gasteiger partial charge in [-0.05, 0) is 30.3 Å². The van der Waals surface area contributed by atoms with Crippen LogP contribution in [-0.2, 0) is 0 Å². The molecule has 0 saturated carbocycles. The van der Waals surface area contributed by atoms with Gasteiger partial charge in [-0.3, -0.25) is 15.1 Å². The van der Waals surface area contributed by atoms with Crippen LogP contribution in [0.3, 0.4) is 0 Å². The Kier molecular flexibility index (Phi) is 3.88. The summed E-state index contributed by atoms with van der Waals surface area (Å²) in [6.07, 6.45) is 4.93. The van der Waals surface area contributed by atoms with E-state index in [4.69, 9.17) is 4.74 Å². The van der Waals surface area contributed by atoms with E-state index in [1.807, 2.05) is 0 Å². The number of thiazole rings is 1. The summed E-state index contributed by atoms with van der Waals surface area (Å²) in [5, 5.41) is 5.10. The molecule has 0 aliphatic rings. The van der Waals surface area contributed by atoms with E-state index < -0.39 is 0 Å². The van der Waals surface area contributed by atoms with Crippen LogP contribution >= 0.6 is 11.3 Å². The zero-order valence-corrected chi connectivity index (χ0v) is 11.7. The molecule has 3 aromatic rings. The molecule has 0 aliphatic carbocycles. The van der Waals surface area contributed by atoms with Gasteiger partial charge in [0, 0.05) is 23.3 Å². The predicted molar refractivity (Wildman–Crippen MR) is 80.8 cm³/mol. The lowest BCUT2D eigenvalue weighted by molar-refractivity contribution is 0.102. The van der Waals surface area contributed by atoms with Crippen molar-refractivity contribution in [1.82, 2.24) is 9.97 Å². The molecular weight excluding hydrogens is 286 g/mol. The summed E-state index contributed by atoms with van der Waals surface area (Å²) < 4.78 is 5.65. The molecule has 0 aliphatic heterocycles. The van der Waals surface area contributed by atoms with Crippen LogP contribution in [0.2, 0.25) is 0 Å². The highest BCUT2D eigenvalue weighted by Gasteiger charge is 2.08. The fourth-order valence-electron chi connectivity index (χ4n) is 1.70. The predicted octanol–water partition coefficient (Wildman–Crippen LogP) is 3.58. The number of anilines is 1. The average Bonchev–Trinajstić information content (AvgIpc) is 3.01. The molecule has 6 heteroatoms. The number of nitrogens with one attached hydrogen (secondary N) is 1. The van der Waals surface area contributed by atoms with Crippen LogP contribution in [0.15, 0.2) is 60.4 Å². The second kappa shape index (κ2) is 6.15. The van der Waals surface area contributed by atoms with Crippen LogP contribution in [0.5, 0.6) is 11.5 Å². The highest BCUT2D eigenvalue weighted by atomic mass is 32.1. The van der Waals surface area contributed by atoms with Crippen molar-refractivity contribution in [1.29, 1.82) is 0 Å². The smallest absolute Gasteiger partial charge is 0.257 e. The maximum absolute atomic E-state index is 12.1. The standard InChI is InChI=1S/C15H11N3O2S/c19-14(18-15-17-7-8-21-15)11-3-1-4-12(9-11)20-13-5-2-6-16-10-13/h1-10H,(H,17,18,19). The van der Waals surface area contributed by atoms with Gasteiger partial charge in [0.1, 0.15) is 11.5 Å². The van der Waals surface area contributed by atoms with E-state index in [1.54, 1.807) is 60.4 Å². The third kappa shape index (κ3) is 3.43. The van der Waals surface area contributed by atoms with Crippen molar-refractivity contribution in [3.63, 3.8) is 0 Å². The zero-order chi connectivity index (χ0) is 14.5. The summed E-state index contributed by atoms with van der Waals surface area (Å²) in [6.45, 7) is 0. The van der Waals surface area contributed by atoms with E-state index >= 15 is 0 Å². The minimum absolute atomic E-state index is 0.221. The van der Waals surface area contributed by atoms with Gasteiger partial charge in [-0.15, -0.1) is 11.3 Å². The van der Waals surface area contributed by atoms with Crippen molar-refractivity contribution in [3.8, 4) is 11.5 Å². The van der Waals surface area contributed by atoms with Crippen LogP contribution < -0.4 is 10.1 Å². The van der Waals surface area contributed by atoms with Gasteiger partial charge < -0.3 is 4.74 Å².